The molecule has 0 aromatic carbocycles. The lowest BCUT2D eigenvalue weighted by molar-refractivity contribution is -0.0126. The van der Waals surface area contributed by atoms with Gasteiger partial charge in [-0.1, -0.05) is 27.7 Å². The van der Waals surface area contributed by atoms with E-state index in [2.05, 4.69) is 37.2 Å². The Bertz CT molecular complexity index is 397. The molecular weight excluding hydrogens is 212 g/mol. The number of hydrogen-bond donors (Lipinski definition) is 1. The lowest BCUT2D eigenvalue weighted by Gasteiger charge is -2.28. The van der Waals surface area contributed by atoms with E-state index in [1.807, 2.05) is 6.20 Å². The number of hydrogen-bond acceptors (Lipinski definition) is 2. The lowest BCUT2D eigenvalue weighted by Crippen LogP contribution is -2.33. The highest BCUT2D eigenvalue weighted by molar-refractivity contribution is 5.12. The predicted molar refractivity (Wildman–Crippen MR) is 68.6 cm³/mol. The summed E-state index contributed by atoms with van der Waals surface area (Å²) in [4.78, 5) is 4.42. The fourth-order valence-corrected chi connectivity index (χ4v) is 3.38. The minimum absolute atomic E-state index is 0.206. The Morgan fingerprint density at radius 1 is 1.53 bits per heavy atom. The molecule has 1 aromatic heterocycles. The monoisotopic (exact) mass is 236 g/mol. The maximum Gasteiger partial charge on any atom is 0.141 e. The van der Waals surface area contributed by atoms with Crippen molar-refractivity contribution < 1.29 is 5.11 Å². The highest BCUT2D eigenvalue weighted by atomic mass is 16.3. The number of imidazole rings is 1. The summed E-state index contributed by atoms with van der Waals surface area (Å²) in [6.07, 6.45) is 6.72. The van der Waals surface area contributed by atoms with Crippen molar-refractivity contribution in [1.29, 1.82) is 0 Å². The zero-order valence-electron chi connectivity index (χ0n) is 11.4. The van der Waals surface area contributed by atoms with E-state index in [1.54, 1.807) is 6.20 Å². The molecule has 3 heteroatoms. The summed E-state index contributed by atoms with van der Waals surface area (Å²) >= 11 is 0. The van der Waals surface area contributed by atoms with Crippen LogP contribution >= 0.6 is 0 Å². The molecule has 1 fully saturated rings. The third-order valence-corrected chi connectivity index (χ3v) is 3.99. The van der Waals surface area contributed by atoms with E-state index in [4.69, 9.17) is 0 Å². The minimum Gasteiger partial charge on any atom is -0.382 e. The molecule has 0 saturated heterocycles. The van der Waals surface area contributed by atoms with Crippen LogP contribution in [0.5, 0.6) is 0 Å². The van der Waals surface area contributed by atoms with Gasteiger partial charge in [0.2, 0.25) is 0 Å². The van der Waals surface area contributed by atoms with E-state index < -0.39 is 5.60 Å². The second-order valence-corrected chi connectivity index (χ2v) is 6.31. The lowest BCUT2D eigenvalue weighted by atomic mass is 9.88. The molecule has 0 bridgehead atoms. The Morgan fingerprint density at radius 3 is 2.76 bits per heavy atom. The SMILES string of the molecule is CCCn1ccnc1C1(O)CC(C)(C)CC1C. The first-order valence-corrected chi connectivity index (χ1v) is 6.63. The van der Waals surface area contributed by atoms with E-state index in [9.17, 15) is 5.11 Å². The molecular formula is C14H24N2O. The average molecular weight is 236 g/mol. The Balaban J connectivity index is 2.35. The summed E-state index contributed by atoms with van der Waals surface area (Å²) in [6, 6.07) is 0. The van der Waals surface area contributed by atoms with Gasteiger partial charge in [-0.15, -0.1) is 0 Å². The Hall–Kier alpha value is -0.830. The molecule has 1 N–H and O–H groups in total. The Kier molecular flexibility index (Phi) is 3.06. The van der Waals surface area contributed by atoms with Crippen LogP contribution in [0.25, 0.3) is 0 Å². The first kappa shape index (κ1) is 12.6. The van der Waals surface area contributed by atoms with E-state index in [-0.39, 0.29) is 11.3 Å². The molecule has 3 nitrogen and oxygen atoms in total. The summed E-state index contributed by atoms with van der Waals surface area (Å²) in [5, 5.41) is 11.0. The normalized spacial score (nSPS) is 31.9. The summed E-state index contributed by atoms with van der Waals surface area (Å²) in [7, 11) is 0. The van der Waals surface area contributed by atoms with Gasteiger partial charge in [-0.3, -0.25) is 0 Å². The van der Waals surface area contributed by atoms with E-state index in [1.165, 1.54) is 0 Å². The summed E-state index contributed by atoms with van der Waals surface area (Å²) in [5.41, 5.74) is -0.542. The van der Waals surface area contributed by atoms with Crippen LogP contribution in [0.1, 0.15) is 52.8 Å². The molecule has 0 aliphatic heterocycles. The van der Waals surface area contributed by atoms with Gasteiger partial charge in [-0.2, -0.15) is 0 Å². The summed E-state index contributed by atoms with van der Waals surface area (Å²) < 4.78 is 2.11. The fourth-order valence-electron chi connectivity index (χ4n) is 3.38. The molecule has 1 heterocycles. The van der Waals surface area contributed by atoms with Crippen LogP contribution < -0.4 is 0 Å². The maximum absolute atomic E-state index is 11.0. The van der Waals surface area contributed by atoms with Gasteiger partial charge >= 0.3 is 0 Å². The quantitative estimate of drug-likeness (QED) is 0.876. The van der Waals surface area contributed by atoms with Crippen LogP contribution in [0, 0.1) is 11.3 Å². The van der Waals surface area contributed by atoms with Crippen molar-refractivity contribution in [3.8, 4) is 0 Å². The van der Waals surface area contributed by atoms with E-state index in [0.717, 1.165) is 31.6 Å². The second kappa shape index (κ2) is 4.13. The van der Waals surface area contributed by atoms with Gasteiger partial charge in [-0.25, -0.2) is 4.98 Å². The largest absolute Gasteiger partial charge is 0.382 e. The standard InChI is InChI=1S/C14H24N2O/c1-5-7-16-8-6-15-12(16)14(17)10-13(3,4)9-11(14)2/h6,8,11,17H,5,7,9-10H2,1-4H3. The Labute approximate surface area is 104 Å². The maximum atomic E-state index is 11.0. The van der Waals surface area contributed by atoms with E-state index >= 15 is 0 Å². The number of aryl methyl sites for hydroxylation is 1. The van der Waals surface area contributed by atoms with Crippen LogP contribution in [0.3, 0.4) is 0 Å². The van der Waals surface area contributed by atoms with Crippen molar-refractivity contribution in [3.63, 3.8) is 0 Å². The van der Waals surface area contributed by atoms with Crippen molar-refractivity contribution in [2.24, 2.45) is 11.3 Å². The molecule has 0 amide bonds. The van der Waals surface area contributed by atoms with Crippen LogP contribution in [0.15, 0.2) is 12.4 Å². The van der Waals surface area contributed by atoms with Gasteiger partial charge in [0, 0.05) is 18.9 Å². The van der Waals surface area contributed by atoms with Crippen molar-refractivity contribution in [3.05, 3.63) is 18.2 Å². The van der Waals surface area contributed by atoms with Crippen molar-refractivity contribution in [2.45, 2.75) is 59.1 Å². The van der Waals surface area contributed by atoms with Gasteiger partial charge in [0.25, 0.3) is 0 Å². The molecule has 1 saturated carbocycles. The number of nitrogens with zero attached hydrogens (tertiary/aromatic N) is 2. The highest BCUT2D eigenvalue weighted by Gasteiger charge is 2.50. The molecule has 2 unspecified atom stereocenters. The number of aliphatic hydroxyl groups is 1. The van der Waals surface area contributed by atoms with Gasteiger partial charge in [0.05, 0.1) is 0 Å². The van der Waals surface area contributed by atoms with Crippen LogP contribution in [-0.2, 0) is 12.1 Å². The summed E-state index contributed by atoms with van der Waals surface area (Å²) in [5.74, 6) is 1.13. The van der Waals surface area contributed by atoms with Crippen LogP contribution in [0.4, 0.5) is 0 Å². The topological polar surface area (TPSA) is 38.0 Å². The smallest absolute Gasteiger partial charge is 0.141 e. The van der Waals surface area contributed by atoms with Gasteiger partial charge in [0.15, 0.2) is 0 Å². The molecule has 96 valence electrons. The molecule has 2 atom stereocenters. The first-order valence-electron chi connectivity index (χ1n) is 6.63. The van der Waals surface area contributed by atoms with E-state index in [0.29, 0.717) is 0 Å². The summed E-state index contributed by atoms with van der Waals surface area (Å²) in [6.45, 7) is 9.68. The molecule has 1 aliphatic carbocycles. The van der Waals surface area contributed by atoms with Crippen molar-refractivity contribution in [2.75, 3.05) is 0 Å². The molecule has 2 rings (SSSR count). The average Bonchev–Trinajstić information content (AvgIpc) is 2.72. The van der Waals surface area contributed by atoms with Crippen LogP contribution in [-0.4, -0.2) is 14.7 Å². The van der Waals surface area contributed by atoms with Crippen molar-refractivity contribution >= 4 is 0 Å². The third-order valence-electron chi connectivity index (χ3n) is 3.99. The second-order valence-electron chi connectivity index (χ2n) is 6.31. The predicted octanol–water partition coefficient (Wildman–Crippen LogP) is 2.94. The van der Waals surface area contributed by atoms with Crippen LogP contribution in [0.2, 0.25) is 0 Å². The fraction of sp³-hybridized carbons (Fsp3) is 0.786. The zero-order valence-corrected chi connectivity index (χ0v) is 11.4. The number of aromatic nitrogens is 2. The highest BCUT2D eigenvalue weighted by Crippen LogP contribution is 2.52. The molecule has 0 radical (unpaired) electrons. The molecule has 17 heavy (non-hydrogen) atoms. The first-order chi connectivity index (χ1) is 7.89. The molecule has 1 aromatic rings. The number of rotatable bonds is 3. The van der Waals surface area contributed by atoms with Gasteiger partial charge < -0.3 is 9.67 Å². The van der Waals surface area contributed by atoms with Gasteiger partial charge in [-0.05, 0) is 30.6 Å². The molecule has 0 spiro atoms. The zero-order chi connectivity index (χ0) is 12.7. The molecule has 1 aliphatic rings. The minimum atomic E-state index is -0.748. The van der Waals surface area contributed by atoms with Crippen molar-refractivity contribution in [1.82, 2.24) is 9.55 Å². The van der Waals surface area contributed by atoms with Gasteiger partial charge in [0.1, 0.15) is 11.4 Å². The third kappa shape index (κ3) is 2.13. The Morgan fingerprint density at radius 2 is 2.24 bits per heavy atom.